The van der Waals surface area contributed by atoms with Gasteiger partial charge < -0.3 is 9.47 Å². The molecule has 7 nitrogen and oxygen atoms in total. The summed E-state index contributed by atoms with van der Waals surface area (Å²) < 4.78 is 11.4. The molecular formula is C22H23ClN2O5. The van der Waals surface area contributed by atoms with Crippen LogP contribution in [0.25, 0.3) is 0 Å². The lowest BCUT2D eigenvalue weighted by Crippen LogP contribution is -2.53. The zero-order valence-corrected chi connectivity index (χ0v) is 17.5. The van der Waals surface area contributed by atoms with E-state index >= 15 is 0 Å². The molecular weight excluding hydrogens is 408 g/mol. The zero-order valence-electron chi connectivity index (χ0n) is 16.7. The normalized spacial score (nSPS) is 21.7. The van der Waals surface area contributed by atoms with Crippen LogP contribution in [0.4, 0.5) is 5.69 Å². The predicted octanol–water partition coefficient (Wildman–Crippen LogP) is 3.69. The van der Waals surface area contributed by atoms with E-state index in [0.29, 0.717) is 36.8 Å². The van der Waals surface area contributed by atoms with Crippen molar-refractivity contribution in [3.05, 3.63) is 68.2 Å². The number of ether oxygens (including phenoxy) is 2. The molecule has 0 bridgehead atoms. The first kappa shape index (κ1) is 20.8. The number of nitro groups is 1. The van der Waals surface area contributed by atoms with Crippen LogP contribution in [0.1, 0.15) is 21.5 Å². The van der Waals surface area contributed by atoms with Crippen LogP contribution in [0.5, 0.6) is 5.75 Å². The third-order valence-electron chi connectivity index (χ3n) is 5.72. The summed E-state index contributed by atoms with van der Waals surface area (Å²) in [4.78, 5) is 27.0. The highest BCUT2D eigenvalue weighted by Gasteiger charge is 2.47. The molecule has 2 aromatic carbocycles. The summed E-state index contributed by atoms with van der Waals surface area (Å²) in [6, 6.07) is 10.6. The number of hydrogen-bond acceptors (Lipinski definition) is 6. The average molecular weight is 431 g/mol. The van der Waals surface area contributed by atoms with Crippen LogP contribution in [0.2, 0.25) is 5.02 Å². The molecule has 0 aromatic heterocycles. The Bertz CT molecular complexity index is 972. The topological polar surface area (TPSA) is 81.9 Å². The smallest absolute Gasteiger partial charge is 0.311 e. The number of ketones is 1. The first-order chi connectivity index (χ1) is 14.4. The van der Waals surface area contributed by atoms with Crippen LogP contribution in [-0.4, -0.2) is 55.1 Å². The third-order valence-corrected chi connectivity index (χ3v) is 5.97. The van der Waals surface area contributed by atoms with Gasteiger partial charge in [-0.3, -0.25) is 19.8 Å². The van der Waals surface area contributed by atoms with Gasteiger partial charge in [-0.2, -0.15) is 0 Å². The molecule has 0 aliphatic carbocycles. The van der Waals surface area contributed by atoms with Crippen molar-refractivity contribution in [3.63, 3.8) is 0 Å². The molecule has 1 atom stereocenters. The number of carbonyl (C=O) groups excluding carboxylic acids is 1. The van der Waals surface area contributed by atoms with Crippen molar-refractivity contribution in [1.29, 1.82) is 0 Å². The summed E-state index contributed by atoms with van der Waals surface area (Å²) >= 11 is 6.03. The van der Waals surface area contributed by atoms with E-state index in [1.54, 1.807) is 25.1 Å². The number of hydrogen-bond donors (Lipinski definition) is 0. The number of fused-ring (bicyclic) bond motifs is 1. The highest BCUT2D eigenvalue weighted by molar-refractivity contribution is 6.30. The van der Waals surface area contributed by atoms with Gasteiger partial charge >= 0.3 is 5.69 Å². The summed E-state index contributed by atoms with van der Waals surface area (Å²) in [6.45, 7) is 5.03. The second-order valence-electron chi connectivity index (χ2n) is 8.01. The van der Waals surface area contributed by atoms with Crippen molar-refractivity contribution < 1.29 is 19.2 Å². The van der Waals surface area contributed by atoms with Crippen LogP contribution in [0.15, 0.2) is 36.4 Å². The molecule has 30 heavy (non-hydrogen) atoms. The first-order valence-electron chi connectivity index (χ1n) is 9.89. The van der Waals surface area contributed by atoms with Gasteiger partial charge in [0.1, 0.15) is 6.61 Å². The predicted molar refractivity (Wildman–Crippen MR) is 113 cm³/mol. The average Bonchev–Trinajstić information content (AvgIpc) is 2.73. The fourth-order valence-corrected chi connectivity index (χ4v) is 4.38. The SMILES string of the molecule is Cc1cc2c(c([N+](=O)[O-])c1)OC[C@@](Cc1ccc(Cl)cc1)(CN1CCOCC1)C2=O. The number of nitrogens with zero attached hydrogens (tertiary/aromatic N) is 2. The maximum atomic E-state index is 13.8. The van der Waals surface area contributed by atoms with E-state index in [4.69, 9.17) is 21.1 Å². The fourth-order valence-electron chi connectivity index (χ4n) is 4.26. The van der Waals surface area contributed by atoms with Crippen molar-refractivity contribution in [2.45, 2.75) is 13.3 Å². The van der Waals surface area contributed by atoms with Gasteiger partial charge in [-0.15, -0.1) is 0 Å². The molecule has 2 aliphatic heterocycles. The highest BCUT2D eigenvalue weighted by Crippen LogP contribution is 2.43. The standard InChI is InChI=1S/C22H23ClN2O5/c1-15-10-18-20(19(11-15)25(27)28)30-14-22(21(18)26,13-24-6-8-29-9-7-24)12-16-2-4-17(23)5-3-16/h2-5,10-11H,6-9,12-14H2,1H3/t22-/m1/s1. The lowest BCUT2D eigenvalue weighted by atomic mass is 9.73. The maximum Gasteiger partial charge on any atom is 0.311 e. The molecule has 0 radical (unpaired) electrons. The Morgan fingerprint density at radius 2 is 1.90 bits per heavy atom. The summed E-state index contributed by atoms with van der Waals surface area (Å²) in [5, 5.41) is 12.1. The molecule has 0 unspecified atom stereocenters. The van der Waals surface area contributed by atoms with Crippen molar-refractivity contribution in [2.24, 2.45) is 5.41 Å². The molecule has 4 rings (SSSR count). The second kappa shape index (κ2) is 8.34. The minimum atomic E-state index is -0.847. The Morgan fingerprint density at radius 1 is 1.20 bits per heavy atom. The Balaban J connectivity index is 1.75. The zero-order chi connectivity index (χ0) is 21.3. The van der Waals surface area contributed by atoms with Gasteiger partial charge in [-0.25, -0.2) is 0 Å². The van der Waals surface area contributed by atoms with Gasteiger partial charge in [-0.05, 0) is 42.7 Å². The molecule has 1 fully saturated rings. The molecule has 2 aromatic rings. The van der Waals surface area contributed by atoms with E-state index in [0.717, 1.165) is 18.7 Å². The van der Waals surface area contributed by atoms with Gasteiger partial charge in [0.25, 0.3) is 0 Å². The Kier molecular flexibility index (Phi) is 5.77. The Labute approximate surface area is 179 Å². The molecule has 2 heterocycles. The number of nitro benzene ring substituents is 1. The maximum absolute atomic E-state index is 13.8. The quantitative estimate of drug-likeness (QED) is 0.531. The summed E-state index contributed by atoms with van der Waals surface area (Å²) in [5.41, 5.74) is 0.904. The van der Waals surface area contributed by atoms with Gasteiger partial charge in [-0.1, -0.05) is 23.7 Å². The molecule has 0 saturated carbocycles. The Morgan fingerprint density at radius 3 is 2.57 bits per heavy atom. The summed E-state index contributed by atoms with van der Waals surface area (Å²) in [5.74, 6) is -0.0405. The van der Waals surface area contributed by atoms with E-state index in [-0.39, 0.29) is 29.4 Å². The number of morpholine rings is 1. The minimum absolute atomic E-state index is 0.0734. The highest BCUT2D eigenvalue weighted by atomic mass is 35.5. The van der Waals surface area contributed by atoms with Crippen molar-refractivity contribution in [1.82, 2.24) is 4.90 Å². The van der Waals surface area contributed by atoms with Crippen LogP contribution in [-0.2, 0) is 11.2 Å². The van der Waals surface area contributed by atoms with Crippen molar-refractivity contribution >= 4 is 23.1 Å². The van der Waals surface area contributed by atoms with E-state index in [1.165, 1.54) is 6.07 Å². The number of carbonyl (C=O) groups is 1. The van der Waals surface area contributed by atoms with Crippen LogP contribution < -0.4 is 4.74 Å². The lowest BCUT2D eigenvalue weighted by Gasteiger charge is -2.41. The van der Waals surface area contributed by atoms with E-state index in [9.17, 15) is 14.9 Å². The molecule has 2 aliphatic rings. The van der Waals surface area contributed by atoms with Crippen LogP contribution >= 0.6 is 11.6 Å². The number of halogens is 1. The van der Waals surface area contributed by atoms with Crippen molar-refractivity contribution in [3.8, 4) is 5.75 Å². The van der Waals surface area contributed by atoms with E-state index < -0.39 is 10.3 Å². The fraction of sp³-hybridized carbons (Fsp3) is 0.409. The Hall–Kier alpha value is -2.48. The molecule has 1 saturated heterocycles. The summed E-state index contributed by atoms with van der Waals surface area (Å²) in [6.07, 6.45) is 0.460. The van der Waals surface area contributed by atoms with Crippen molar-refractivity contribution in [2.75, 3.05) is 39.5 Å². The van der Waals surface area contributed by atoms with Crippen LogP contribution in [0, 0.1) is 22.5 Å². The largest absolute Gasteiger partial charge is 0.485 e. The van der Waals surface area contributed by atoms with Gasteiger partial charge in [0.2, 0.25) is 5.75 Å². The number of benzene rings is 2. The monoisotopic (exact) mass is 430 g/mol. The molecule has 0 spiro atoms. The number of aryl methyl sites for hydroxylation is 1. The third kappa shape index (κ3) is 4.05. The first-order valence-corrected chi connectivity index (χ1v) is 10.3. The van der Waals surface area contributed by atoms with E-state index in [2.05, 4.69) is 4.90 Å². The molecule has 8 heteroatoms. The molecule has 158 valence electrons. The van der Waals surface area contributed by atoms with Gasteiger partial charge in [0.05, 0.1) is 29.1 Å². The number of Topliss-reactive ketones (excluding diaryl/α,β-unsaturated/α-hetero) is 1. The summed E-state index contributed by atoms with van der Waals surface area (Å²) in [7, 11) is 0. The molecule has 0 N–H and O–H groups in total. The van der Waals surface area contributed by atoms with Gasteiger partial charge in [0, 0.05) is 30.7 Å². The van der Waals surface area contributed by atoms with Gasteiger partial charge in [0.15, 0.2) is 5.78 Å². The second-order valence-corrected chi connectivity index (χ2v) is 8.44. The van der Waals surface area contributed by atoms with E-state index in [1.807, 2.05) is 12.1 Å². The number of rotatable bonds is 5. The molecule has 0 amide bonds. The lowest BCUT2D eigenvalue weighted by molar-refractivity contribution is -0.386. The minimum Gasteiger partial charge on any atom is -0.485 e. The van der Waals surface area contributed by atoms with Crippen LogP contribution in [0.3, 0.4) is 0 Å².